The number of hydrogen-bond acceptors (Lipinski definition) is 5. The Hall–Kier alpha value is -1.41. The predicted octanol–water partition coefficient (Wildman–Crippen LogP) is 3.66. The van der Waals surface area contributed by atoms with Crippen molar-refractivity contribution in [2.45, 2.75) is 17.1 Å². The van der Waals surface area contributed by atoms with E-state index in [1.165, 1.54) is 23.5 Å². The van der Waals surface area contributed by atoms with E-state index < -0.39 is 15.6 Å². The van der Waals surface area contributed by atoms with Crippen LogP contribution in [0.3, 0.4) is 0 Å². The highest BCUT2D eigenvalue weighted by Crippen LogP contribution is 2.28. The average molecular weight is 394 g/mol. The first-order valence-electron chi connectivity index (χ1n) is 6.42. The summed E-state index contributed by atoms with van der Waals surface area (Å²) in [6, 6.07) is 6.36. The van der Waals surface area contributed by atoms with E-state index in [4.69, 9.17) is 34.8 Å². The van der Waals surface area contributed by atoms with E-state index in [1.807, 2.05) is 6.92 Å². The van der Waals surface area contributed by atoms with Crippen molar-refractivity contribution in [1.29, 1.82) is 0 Å². The van der Waals surface area contributed by atoms with Crippen LogP contribution in [0, 0.1) is 0 Å². The normalized spacial score (nSPS) is 11.1. The summed E-state index contributed by atoms with van der Waals surface area (Å²) in [5, 5.41) is 14.0. The highest BCUT2D eigenvalue weighted by molar-refractivity contribution is 7.15. The van der Waals surface area contributed by atoms with Gasteiger partial charge in [0.2, 0.25) is 5.13 Å². The molecule has 0 atom stereocenters. The second kappa shape index (κ2) is 7.44. The Morgan fingerprint density at radius 1 is 1.17 bits per heavy atom. The second-order valence-corrected chi connectivity index (χ2v) is 7.65. The molecule has 0 fully saturated rings. The monoisotopic (exact) mass is 392 g/mol. The number of benzene rings is 1. The molecule has 23 heavy (non-hydrogen) atoms. The summed E-state index contributed by atoms with van der Waals surface area (Å²) < 4.78 is -2.13. The van der Waals surface area contributed by atoms with Gasteiger partial charge in [0, 0.05) is 0 Å². The molecule has 2 N–H and O–H groups in total. The zero-order chi connectivity index (χ0) is 17.0. The third kappa shape index (κ3) is 4.78. The third-order valence-electron chi connectivity index (χ3n) is 2.67. The lowest BCUT2D eigenvalue weighted by atomic mass is 10.1. The Kier molecular flexibility index (Phi) is 5.80. The van der Waals surface area contributed by atoms with Crippen LogP contribution in [-0.4, -0.2) is 25.8 Å². The van der Waals surface area contributed by atoms with Crippen LogP contribution in [-0.2, 0) is 11.2 Å². The molecule has 0 unspecified atom stereocenters. The fourth-order valence-corrected chi connectivity index (χ4v) is 2.41. The van der Waals surface area contributed by atoms with Gasteiger partial charge in [0.25, 0.3) is 15.6 Å². The van der Waals surface area contributed by atoms with Crippen molar-refractivity contribution in [1.82, 2.24) is 10.2 Å². The topological polar surface area (TPSA) is 84.0 Å². The molecular weight excluding hydrogens is 383 g/mol. The van der Waals surface area contributed by atoms with Crippen molar-refractivity contribution in [2.75, 3.05) is 10.6 Å². The minimum Gasteiger partial charge on any atom is -0.322 e. The number of aromatic nitrogens is 2. The van der Waals surface area contributed by atoms with Gasteiger partial charge >= 0.3 is 0 Å². The van der Waals surface area contributed by atoms with Crippen LogP contribution in [0.15, 0.2) is 24.3 Å². The maximum atomic E-state index is 12.3. The van der Waals surface area contributed by atoms with Gasteiger partial charge in [0.05, 0.1) is 11.3 Å². The first-order chi connectivity index (χ1) is 10.8. The van der Waals surface area contributed by atoms with Crippen molar-refractivity contribution in [2.24, 2.45) is 0 Å². The highest BCUT2D eigenvalue weighted by Gasteiger charge is 2.31. The summed E-state index contributed by atoms with van der Waals surface area (Å²) in [5.41, 5.74) is 0.435. The van der Waals surface area contributed by atoms with Crippen molar-refractivity contribution in [3.8, 4) is 0 Å². The van der Waals surface area contributed by atoms with E-state index in [9.17, 15) is 9.59 Å². The number of alkyl halides is 3. The molecule has 0 spiro atoms. The summed E-state index contributed by atoms with van der Waals surface area (Å²) in [4.78, 5) is 24.1. The molecule has 0 aliphatic carbocycles. The molecule has 1 aromatic carbocycles. The Morgan fingerprint density at radius 2 is 1.87 bits per heavy atom. The number of amides is 2. The van der Waals surface area contributed by atoms with Crippen LogP contribution in [0.5, 0.6) is 0 Å². The Morgan fingerprint density at radius 3 is 2.48 bits per heavy atom. The molecule has 0 saturated heterocycles. The van der Waals surface area contributed by atoms with Crippen LogP contribution < -0.4 is 10.6 Å². The summed E-state index contributed by atoms with van der Waals surface area (Å²) in [6.07, 6.45) is 0.726. The molecule has 2 rings (SSSR count). The van der Waals surface area contributed by atoms with Crippen LogP contribution in [0.25, 0.3) is 0 Å². The van der Waals surface area contributed by atoms with Gasteiger partial charge in [-0.3, -0.25) is 14.9 Å². The number of carbonyl (C=O) groups is 2. The van der Waals surface area contributed by atoms with E-state index in [2.05, 4.69) is 20.8 Å². The summed E-state index contributed by atoms with van der Waals surface area (Å²) in [6.45, 7) is 1.94. The van der Waals surface area contributed by atoms with E-state index in [-0.39, 0.29) is 11.3 Å². The Bertz CT molecular complexity index is 730. The van der Waals surface area contributed by atoms with Gasteiger partial charge in [-0.05, 0) is 18.6 Å². The lowest BCUT2D eigenvalue weighted by Crippen LogP contribution is -2.28. The molecule has 0 radical (unpaired) electrons. The molecule has 0 saturated carbocycles. The number of hydrogen-bond donors (Lipinski definition) is 2. The van der Waals surface area contributed by atoms with Crippen molar-refractivity contribution >= 4 is 68.8 Å². The van der Waals surface area contributed by atoms with E-state index in [0.717, 1.165) is 11.4 Å². The number of nitrogens with one attached hydrogen (secondary N) is 2. The lowest BCUT2D eigenvalue weighted by Gasteiger charge is -2.14. The van der Waals surface area contributed by atoms with Crippen LogP contribution in [0.1, 0.15) is 22.3 Å². The first kappa shape index (κ1) is 17.9. The van der Waals surface area contributed by atoms with Gasteiger partial charge in [-0.25, -0.2) is 0 Å². The van der Waals surface area contributed by atoms with Crippen molar-refractivity contribution < 1.29 is 9.59 Å². The minimum absolute atomic E-state index is 0.211. The average Bonchev–Trinajstić information content (AvgIpc) is 2.94. The molecule has 2 amide bonds. The predicted molar refractivity (Wildman–Crippen MR) is 92.6 cm³/mol. The summed E-state index contributed by atoms with van der Waals surface area (Å²) in [5.74, 6) is -1.31. The first-order valence-corrected chi connectivity index (χ1v) is 8.37. The fourth-order valence-electron chi connectivity index (χ4n) is 1.59. The molecule has 1 aromatic heterocycles. The number of aryl methyl sites for hydroxylation is 1. The number of nitrogens with zero attached hydrogens (tertiary/aromatic N) is 2. The summed E-state index contributed by atoms with van der Waals surface area (Å²) in [7, 11) is 0. The maximum absolute atomic E-state index is 12.3. The second-order valence-electron chi connectivity index (χ2n) is 4.31. The van der Waals surface area contributed by atoms with Gasteiger partial charge in [-0.1, -0.05) is 65.2 Å². The van der Waals surface area contributed by atoms with Crippen LogP contribution in [0.2, 0.25) is 0 Å². The standard InChI is InChI=1S/C13H11Cl3N4O2S/c1-2-9-19-20-12(23-9)18-10(21)7-5-3-4-6-8(7)17-11(22)13(14,15)16/h3-6H,2H2,1H3,(H,17,22)(H,18,20,21). The van der Waals surface area contributed by atoms with Gasteiger partial charge in [0.15, 0.2) is 0 Å². The van der Waals surface area contributed by atoms with Gasteiger partial charge in [-0.2, -0.15) is 0 Å². The third-order valence-corrected chi connectivity index (χ3v) is 4.17. The number of para-hydroxylation sites is 1. The molecule has 0 aliphatic heterocycles. The molecule has 0 bridgehead atoms. The Balaban J connectivity index is 2.19. The lowest BCUT2D eigenvalue weighted by molar-refractivity contribution is -0.115. The molecule has 2 aromatic rings. The molecule has 6 nitrogen and oxygen atoms in total. The summed E-state index contributed by atoms with van der Waals surface area (Å²) >= 11 is 17.8. The fraction of sp³-hybridized carbons (Fsp3) is 0.231. The van der Waals surface area contributed by atoms with Crippen LogP contribution in [0.4, 0.5) is 10.8 Å². The SMILES string of the molecule is CCc1nnc(NC(=O)c2ccccc2NC(=O)C(Cl)(Cl)Cl)s1. The van der Waals surface area contributed by atoms with Gasteiger partial charge in [-0.15, -0.1) is 10.2 Å². The molecular formula is C13H11Cl3N4O2S. The number of halogens is 3. The van der Waals surface area contributed by atoms with Crippen molar-refractivity contribution in [3.05, 3.63) is 34.8 Å². The molecule has 1 heterocycles. The van der Waals surface area contributed by atoms with Gasteiger partial charge < -0.3 is 5.32 Å². The maximum Gasteiger partial charge on any atom is 0.276 e. The highest BCUT2D eigenvalue weighted by atomic mass is 35.6. The van der Waals surface area contributed by atoms with E-state index in [1.54, 1.807) is 12.1 Å². The number of carbonyl (C=O) groups excluding carboxylic acids is 2. The Labute approximate surface area is 151 Å². The smallest absolute Gasteiger partial charge is 0.276 e. The molecule has 122 valence electrons. The van der Waals surface area contributed by atoms with E-state index in [0.29, 0.717) is 5.13 Å². The quantitative estimate of drug-likeness (QED) is 0.776. The number of rotatable bonds is 4. The largest absolute Gasteiger partial charge is 0.322 e. The minimum atomic E-state index is -2.13. The van der Waals surface area contributed by atoms with E-state index >= 15 is 0 Å². The molecule has 10 heteroatoms. The number of anilines is 2. The van der Waals surface area contributed by atoms with Gasteiger partial charge in [0.1, 0.15) is 5.01 Å². The molecule has 0 aliphatic rings. The van der Waals surface area contributed by atoms with Crippen LogP contribution >= 0.6 is 46.1 Å². The van der Waals surface area contributed by atoms with Crippen molar-refractivity contribution in [3.63, 3.8) is 0 Å². The zero-order valence-electron chi connectivity index (χ0n) is 11.8. The zero-order valence-corrected chi connectivity index (χ0v) is 14.9.